The second kappa shape index (κ2) is 4.40. The molecule has 1 aromatic rings. The minimum absolute atomic E-state index is 0.172. The van der Waals surface area contributed by atoms with Gasteiger partial charge in [0.15, 0.2) is 6.29 Å². The first-order valence-corrected chi connectivity index (χ1v) is 5.01. The summed E-state index contributed by atoms with van der Waals surface area (Å²) in [7, 11) is 0. The van der Waals surface area contributed by atoms with E-state index in [0.29, 0.717) is 6.07 Å². The number of carbonyl (C=O) groups is 2. The number of benzene rings is 1. The van der Waals surface area contributed by atoms with E-state index in [1.165, 1.54) is 22.6 Å². The first-order chi connectivity index (χ1) is 7.27. The first-order valence-electron chi connectivity index (χ1n) is 3.93. The molecule has 0 atom stereocenters. The molecule has 0 bridgehead atoms. The molecule has 0 aliphatic rings. The number of amides is 1. The zero-order valence-corrected chi connectivity index (χ0v) is 9.80. The zero-order valence-electron chi connectivity index (χ0n) is 7.64. The molecule has 0 fully saturated rings. The number of primary amides is 1. The quantitative estimate of drug-likeness (QED) is 0.661. The molecule has 7 heteroatoms. The van der Waals surface area contributed by atoms with E-state index in [2.05, 4.69) is 0 Å². The van der Waals surface area contributed by atoms with Crippen LogP contribution in [0.2, 0.25) is 0 Å². The maximum absolute atomic E-state index is 12.5. The van der Waals surface area contributed by atoms with Gasteiger partial charge in [-0.05, 0) is 34.7 Å². The highest BCUT2D eigenvalue weighted by Gasteiger charge is 2.34. The van der Waals surface area contributed by atoms with Crippen LogP contribution in [-0.2, 0) is 6.18 Å². The van der Waals surface area contributed by atoms with Gasteiger partial charge in [-0.25, -0.2) is 0 Å². The number of halogens is 4. The Hall–Kier alpha value is -1.12. The monoisotopic (exact) mass is 343 g/mol. The van der Waals surface area contributed by atoms with Crippen molar-refractivity contribution in [3.8, 4) is 0 Å². The Morgan fingerprint density at radius 3 is 2.31 bits per heavy atom. The van der Waals surface area contributed by atoms with Gasteiger partial charge in [-0.3, -0.25) is 9.59 Å². The summed E-state index contributed by atoms with van der Waals surface area (Å²) in [5.74, 6) is -0.936. The van der Waals surface area contributed by atoms with Crippen LogP contribution in [0.15, 0.2) is 12.1 Å². The highest BCUT2D eigenvalue weighted by molar-refractivity contribution is 14.1. The smallest absolute Gasteiger partial charge is 0.366 e. The second-order valence-corrected chi connectivity index (χ2v) is 4.06. The van der Waals surface area contributed by atoms with Crippen molar-refractivity contribution in [3.05, 3.63) is 32.4 Å². The Labute approximate surface area is 102 Å². The van der Waals surface area contributed by atoms with Gasteiger partial charge in [-0.2, -0.15) is 13.2 Å². The molecule has 3 nitrogen and oxygen atoms in total. The molecule has 0 saturated heterocycles. The van der Waals surface area contributed by atoms with E-state index in [0.717, 1.165) is 6.07 Å². The first kappa shape index (κ1) is 12.9. The summed E-state index contributed by atoms with van der Waals surface area (Å²) in [5.41, 5.74) is 3.40. The van der Waals surface area contributed by atoms with Gasteiger partial charge < -0.3 is 5.73 Å². The third-order valence-electron chi connectivity index (χ3n) is 1.84. The number of hydrogen-bond acceptors (Lipinski definition) is 2. The van der Waals surface area contributed by atoms with Crippen molar-refractivity contribution in [3.63, 3.8) is 0 Å². The van der Waals surface area contributed by atoms with Crippen molar-refractivity contribution >= 4 is 34.8 Å². The van der Waals surface area contributed by atoms with Gasteiger partial charge in [-0.15, -0.1) is 0 Å². The van der Waals surface area contributed by atoms with E-state index < -0.39 is 17.6 Å². The normalized spacial score (nSPS) is 11.2. The molecule has 0 radical (unpaired) electrons. The Kier molecular flexibility index (Phi) is 3.56. The molecule has 1 aromatic carbocycles. The van der Waals surface area contributed by atoms with E-state index >= 15 is 0 Å². The highest BCUT2D eigenvalue weighted by Crippen LogP contribution is 2.34. The van der Waals surface area contributed by atoms with Crippen molar-refractivity contribution in [1.82, 2.24) is 0 Å². The molecular formula is C9H5F3INO2. The molecule has 0 aliphatic carbocycles. The van der Waals surface area contributed by atoms with Crippen molar-refractivity contribution in [1.29, 1.82) is 0 Å². The summed E-state index contributed by atoms with van der Waals surface area (Å²) in [5, 5.41) is 0. The molecule has 0 aliphatic heterocycles. The van der Waals surface area contributed by atoms with Crippen LogP contribution in [0, 0.1) is 3.57 Å². The largest absolute Gasteiger partial charge is 0.417 e. The van der Waals surface area contributed by atoms with Crippen molar-refractivity contribution in [2.24, 2.45) is 5.73 Å². The Balaban J connectivity index is 3.49. The molecule has 0 aromatic heterocycles. The maximum Gasteiger partial charge on any atom is 0.417 e. The SMILES string of the molecule is NC(=O)c1cc(I)c(C(F)(F)F)cc1C=O. The number of alkyl halides is 3. The second-order valence-electron chi connectivity index (χ2n) is 2.90. The molecule has 1 amide bonds. The van der Waals surface area contributed by atoms with E-state index in [-0.39, 0.29) is 21.0 Å². The van der Waals surface area contributed by atoms with Crippen LogP contribution in [0.1, 0.15) is 26.3 Å². The minimum Gasteiger partial charge on any atom is -0.366 e. The van der Waals surface area contributed by atoms with Crippen molar-refractivity contribution < 1.29 is 22.8 Å². The van der Waals surface area contributed by atoms with E-state index in [1.807, 2.05) is 0 Å². The maximum atomic E-state index is 12.5. The lowest BCUT2D eigenvalue weighted by atomic mass is 10.0. The van der Waals surface area contributed by atoms with Crippen LogP contribution >= 0.6 is 22.6 Å². The minimum atomic E-state index is -4.57. The van der Waals surface area contributed by atoms with Crippen molar-refractivity contribution in [2.75, 3.05) is 0 Å². The summed E-state index contributed by atoms with van der Waals surface area (Å²) in [6.07, 6.45) is -4.39. The summed E-state index contributed by atoms with van der Waals surface area (Å²) in [6.45, 7) is 0. The number of rotatable bonds is 2. The van der Waals surface area contributed by atoms with Crippen LogP contribution < -0.4 is 5.73 Å². The topological polar surface area (TPSA) is 60.2 Å². The molecule has 86 valence electrons. The highest BCUT2D eigenvalue weighted by atomic mass is 127. The summed E-state index contributed by atoms with van der Waals surface area (Å²) in [4.78, 5) is 21.4. The molecule has 0 saturated carbocycles. The van der Waals surface area contributed by atoms with Gasteiger partial charge in [0.05, 0.1) is 11.1 Å². The average Bonchev–Trinajstić information content (AvgIpc) is 2.15. The van der Waals surface area contributed by atoms with Crippen molar-refractivity contribution in [2.45, 2.75) is 6.18 Å². The Morgan fingerprint density at radius 2 is 1.94 bits per heavy atom. The molecule has 0 unspecified atom stereocenters. The lowest BCUT2D eigenvalue weighted by Gasteiger charge is -2.11. The van der Waals surface area contributed by atoms with E-state index in [1.54, 1.807) is 0 Å². The predicted molar refractivity (Wildman–Crippen MR) is 58.1 cm³/mol. The van der Waals surface area contributed by atoms with Crippen LogP contribution in [0.3, 0.4) is 0 Å². The van der Waals surface area contributed by atoms with Gasteiger partial charge in [0.2, 0.25) is 5.91 Å². The average molecular weight is 343 g/mol. The fourth-order valence-corrected chi connectivity index (χ4v) is 1.89. The fraction of sp³-hybridized carbons (Fsp3) is 0.111. The third-order valence-corrected chi connectivity index (χ3v) is 2.73. The summed E-state index contributed by atoms with van der Waals surface area (Å²) in [6, 6.07) is 1.57. The van der Waals surface area contributed by atoms with E-state index in [4.69, 9.17) is 5.73 Å². The van der Waals surface area contributed by atoms with Crippen LogP contribution in [-0.4, -0.2) is 12.2 Å². The number of hydrogen-bond donors (Lipinski definition) is 1. The van der Waals surface area contributed by atoms with Gasteiger partial charge in [-0.1, -0.05) is 0 Å². The lowest BCUT2D eigenvalue weighted by molar-refractivity contribution is -0.138. The number of nitrogens with two attached hydrogens (primary N) is 1. The van der Waals surface area contributed by atoms with Crippen LogP contribution in [0.4, 0.5) is 13.2 Å². The lowest BCUT2D eigenvalue weighted by Crippen LogP contribution is -2.16. The molecule has 0 heterocycles. The van der Waals surface area contributed by atoms with Gasteiger partial charge in [0.25, 0.3) is 0 Å². The van der Waals surface area contributed by atoms with Crippen LogP contribution in [0.5, 0.6) is 0 Å². The molecule has 1 rings (SSSR count). The molecular weight excluding hydrogens is 338 g/mol. The molecule has 2 N–H and O–H groups in total. The summed E-state index contributed by atoms with van der Waals surface area (Å²) >= 11 is 1.43. The summed E-state index contributed by atoms with van der Waals surface area (Å²) < 4.78 is 37.2. The molecule has 0 spiro atoms. The van der Waals surface area contributed by atoms with Crippen LogP contribution in [0.25, 0.3) is 0 Å². The molecule has 16 heavy (non-hydrogen) atoms. The number of aldehydes is 1. The Morgan fingerprint density at radius 1 is 1.38 bits per heavy atom. The third kappa shape index (κ3) is 2.52. The van der Waals surface area contributed by atoms with E-state index in [9.17, 15) is 22.8 Å². The van der Waals surface area contributed by atoms with Gasteiger partial charge in [0.1, 0.15) is 0 Å². The fourth-order valence-electron chi connectivity index (χ4n) is 1.12. The Bertz CT molecular complexity index is 457. The van der Waals surface area contributed by atoms with Gasteiger partial charge in [0, 0.05) is 9.13 Å². The van der Waals surface area contributed by atoms with Gasteiger partial charge >= 0.3 is 6.18 Å². The number of carbonyl (C=O) groups excluding carboxylic acids is 2. The standard InChI is InChI=1S/C9H5F3INO2/c10-9(11,12)6-1-4(3-15)5(8(14)16)2-7(6)13/h1-3H,(H2,14,16). The zero-order chi connectivity index (χ0) is 12.5. The predicted octanol–water partition coefficient (Wildman–Crippen LogP) is 2.22.